The van der Waals surface area contributed by atoms with E-state index in [-0.39, 0.29) is 18.0 Å². The van der Waals surface area contributed by atoms with Gasteiger partial charge in [0.25, 0.3) is 0 Å². The molecule has 5 nitrogen and oxygen atoms in total. The molecule has 2 aromatic carbocycles. The average molecular weight is 368 g/mol. The Morgan fingerprint density at radius 3 is 2.67 bits per heavy atom. The van der Waals surface area contributed by atoms with E-state index in [0.29, 0.717) is 6.54 Å². The molecule has 1 fully saturated rings. The minimum Gasteiger partial charge on any atom is -0.497 e. The summed E-state index contributed by atoms with van der Waals surface area (Å²) in [4.78, 5) is 14.8. The number of methoxy groups -OCH3 is 2. The van der Waals surface area contributed by atoms with Crippen LogP contribution in [0.3, 0.4) is 0 Å². The summed E-state index contributed by atoms with van der Waals surface area (Å²) in [6.45, 7) is 3.31. The van der Waals surface area contributed by atoms with E-state index in [9.17, 15) is 4.79 Å². The van der Waals surface area contributed by atoms with Gasteiger partial charge in [-0.2, -0.15) is 0 Å². The van der Waals surface area contributed by atoms with Crippen LogP contribution in [0, 0.1) is 0 Å². The molecule has 1 N–H and O–H groups in total. The van der Waals surface area contributed by atoms with Gasteiger partial charge in [-0.3, -0.25) is 9.69 Å². The monoisotopic (exact) mass is 368 g/mol. The van der Waals surface area contributed by atoms with Crippen LogP contribution in [0.15, 0.2) is 48.5 Å². The lowest BCUT2D eigenvalue weighted by atomic mass is 10.0. The van der Waals surface area contributed by atoms with Gasteiger partial charge in [-0.1, -0.05) is 36.4 Å². The lowest BCUT2D eigenvalue weighted by molar-refractivity contribution is -0.123. The zero-order valence-corrected chi connectivity index (χ0v) is 16.3. The Morgan fingerprint density at radius 2 is 1.96 bits per heavy atom. The molecule has 1 amide bonds. The van der Waals surface area contributed by atoms with Gasteiger partial charge in [0.1, 0.15) is 11.5 Å². The number of nitrogens with one attached hydrogen (secondary N) is 1. The number of carbonyl (C=O) groups is 1. The van der Waals surface area contributed by atoms with Gasteiger partial charge in [0.05, 0.1) is 26.8 Å². The summed E-state index contributed by atoms with van der Waals surface area (Å²) >= 11 is 0. The Hall–Kier alpha value is -2.53. The number of carbonyl (C=O) groups excluding carboxylic acids is 1. The van der Waals surface area contributed by atoms with E-state index >= 15 is 0 Å². The maximum atomic E-state index is 12.6. The molecule has 0 bridgehead atoms. The van der Waals surface area contributed by atoms with Crippen LogP contribution in [0.25, 0.3) is 0 Å². The fraction of sp³-hybridized carbons (Fsp3) is 0.409. The second-order valence-electron chi connectivity index (χ2n) is 6.94. The molecular formula is C22H28N2O3. The number of likely N-dealkylation sites (tertiary alicyclic amines) is 1. The number of hydrogen-bond acceptors (Lipinski definition) is 4. The predicted octanol–water partition coefficient (Wildman–Crippen LogP) is 3.72. The van der Waals surface area contributed by atoms with Crippen molar-refractivity contribution in [1.82, 2.24) is 10.2 Å². The molecule has 0 aliphatic carbocycles. The highest BCUT2D eigenvalue weighted by Crippen LogP contribution is 2.38. The van der Waals surface area contributed by atoms with Gasteiger partial charge in [-0.15, -0.1) is 0 Å². The Kier molecular flexibility index (Phi) is 6.35. The molecule has 2 unspecified atom stereocenters. The van der Waals surface area contributed by atoms with Crippen LogP contribution in [0.1, 0.15) is 43.0 Å². The molecular weight excluding hydrogens is 340 g/mol. The second kappa shape index (κ2) is 8.91. The van der Waals surface area contributed by atoms with E-state index in [2.05, 4.69) is 10.2 Å². The van der Waals surface area contributed by atoms with Crippen LogP contribution >= 0.6 is 0 Å². The van der Waals surface area contributed by atoms with Crippen molar-refractivity contribution in [2.24, 2.45) is 0 Å². The number of hydrogen-bond donors (Lipinski definition) is 1. The van der Waals surface area contributed by atoms with Crippen molar-refractivity contribution in [2.75, 3.05) is 27.3 Å². The van der Waals surface area contributed by atoms with Gasteiger partial charge in [0, 0.05) is 17.7 Å². The van der Waals surface area contributed by atoms with E-state index < -0.39 is 0 Å². The molecule has 27 heavy (non-hydrogen) atoms. The summed E-state index contributed by atoms with van der Waals surface area (Å²) in [6, 6.07) is 16.1. The molecule has 0 spiro atoms. The van der Waals surface area contributed by atoms with Gasteiger partial charge < -0.3 is 14.8 Å². The Labute approximate surface area is 161 Å². The first-order chi connectivity index (χ1) is 13.1. The quantitative estimate of drug-likeness (QED) is 0.809. The molecule has 1 saturated heterocycles. The molecule has 1 aliphatic heterocycles. The summed E-state index contributed by atoms with van der Waals surface area (Å²) in [7, 11) is 3.32. The van der Waals surface area contributed by atoms with Crippen LogP contribution in [-0.4, -0.2) is 38.1 Å². The first-order valence-electron chi connectivity index (χ1n) is 9.42. The highest BCUT2D eigenvalue weighted by atomic mass is 16.5. The minimum atomic E-state index is -0.00437. The molecule has 2 aromatic rings. The van der Waals surface area contributed by atoms with Gasteiger partial charge in [0.15, 0.2) is 0 Å². The predicted molar refractivity (Wildman–Crippen MR) is 106 cm³/mol. The highest BCUT2D eigenvalue weighted by Gasteiger charge is 2.30. The minimum absolute atomic E-state index is 0.00437. The molecule has 1 heterocycles. The Morgan fingerprint density at radius 1 is 1.19 bits per heavy atom. The normalized spacial score (nSPS) is 18.1. The molecule has 2 atom stereocenters. The third-order valence-electron chi connectivity index (χ3n) is 5.19. The van der Waals surface area contributed by atoms with Gasteiger partial charge in [0.2, 0.25) is 5.91 Å². The maximum Gasteiger partial charge on any atom is 0.234 e. The number of amides is 1. The summed E-state index contributed by atoms with van der Waals surface area (Å²) in [5.41, 5.74) is 2.22. The first-order valence-corrected chi connectivity index (χ1v) is 9.42. The summed E-state index contributed by atoms with van der Waals surface area (Å²) < 4.78 is 10.9. The number of rotatable bonds is 7. The zero-order chi connectivity index (χ0) is 19.2. The number of ether oxygens (including phenoxy) is 2. The summed E-state index contributed by atoms with van der Waals surface area (Å²) in [6.07, 6.45) is 2.09. The van der Waals surface area contributed by atoms with Gasteiger partial charge in [-0.05, 0) is 37.9 Å². The van der Waals surface area contributed by atoms with E-state index in [0.717, 1.165) is 42.0 Å². The third-order valence-corrected chi connectivity index (χ3v) is 5.19. The van der Waals surface area contributed by atoms with E-state index in [4.69, 9.17) is 9.47 Å². The fourth-order valence-electron chi connectivity index (χ4n) is 3.76. The van der Waals surface area contributed by atoms with Crippen molar-refractivity contribution in [3.8, 4) is 11.5 Å². The van der Waals surface area contributed by atoms with Crippen LogP contribution < -0.4 is 14.8 Å². The molecule has 0 saturated carbocycles. The Bertz CT molecular complexity index is 763. The van der Waals surface area contributed by atoms with Crippen molar-refractivity contribution in [1.29, 1.82) is 0 Å². The SMILES string of the molecule is COc1ccc(C2CCCN2CC(=O)NC(C)c2ccccc2)c(OC)c1. The lowest BCUT2D eigenvalue weighted by Crippen LogP contribution is -2.38. The largest absolute Gasteiger partial charge is 0.497 e. The van der Waals surface area contributed by atoms with Crippen molar-refractivity contribution >= 4 is 5.91 Å². The van der Waals surface area contributed by atoms with E-state index in [1.807, 2.05) is 55.5 Å². The van der Waals surface area contributed by atoms with Crippen molar-refractivity contribution in [2.45, 2.75) is 31.8 Å². The summed E-state index contributed by atoms with van der Waals surface area (Å²) in [5.74, 6) is 1.63. The lowest BCUT2D eigenvalue weighted by Gasteiger charge is -2.26. The molecule has 3 rings (SSSR count). The van der Waals surface area contributed by atoms with Crippen molar-refractivity contribution in [3.63, 3.8) is 0 Å². The van der Waals surface area contributed by atoms with Crippen LogP contribution in [-0.2, 0) is 4.79 Å². The van der Waals surface area contributed by atoms with Crippen LogP contribution in [0.4, 0.5) is 0 Å². The second-order valence-corrected chi connectivity index (χ2v) is 6.94. The smallest absolute Gasteiger partial charge is 0.234 e. The highest BCUT2D eigenvalue weighted by molar-refractivity contribution is 5.78. The number of benzene rings is 2. The topological polar surface area (TPSA) is 50.8 Å². The maximum absolute atomic E-state index is 12.6. The average Bonchev–Trinajstić information content (AvgIpc) is 3.15. The van der Waals surface area contributed by atoms with Crippen LogP contribution in [0.5, 0.6) is 11.5 Å². The number of nitrogens with zero attached hydrogens (tertiary/aromatic N) is 1. The summed E-state index contributed by atoms with van der Waals surface area (Å²) in [5, 5.41) is 3.11. The molecule has 0 aromatic heterocycles. The van der Waals surface area contributed by atoms with Crippen LogP contribution in [0.2, 0.25) is 0 Å². The van der Waals surface area contributed by atoms with Gasteiger partial charge in [-0.25, -0.2) is 0 Å². The fourth-order valence-corrected chi connectivity index (χ4v) is 3.76. The van der Waals surface area contributed by atoms with E-state index in [1.54, 1.807) is 14.2 Å². The first kappa shape index (κ1) is 19.2. The van der Waals surface area contributed by atoms with Gasteiger partial charge >= 0.3 is 0 Å². The van der Waals surface area contributed by atoms with Crippen molar-refractivity contribution < 1.29 is 14.3 Å². The Balaban J connectivity index is 1.67. The van der Waals surface area contributed by atoms with E-state index in [1.165, 1.54) is 0 Å². The zero-order valence-electron chi connectivity index (χ0n) is 16.3. The molecule has 0 radical (unpaired) electrons. The standard InChI is InChI=1S/C22H28N2O3/c1-16(17-8-5-4-6-9-17)23-22(25)15-24-13-7-10-20(24)19-12-11-18(26-2)14-21(19)27-3/h4-6,8-9,11-12,14,16,20H,7,10,13,15H2,1-3H3,(H,23,25). The van der Waals surface area contributed by atoms with Crippen molar-refractivity contribution in [3.05, 3.63) is 59.7 Å². The molecule has 144 valence electrons. The molecule has 1 aliphatic rings. The third kappa shape index (κ3) is 4.61. The molecule has 5 heteroatoms.